The Hall–Kier alpha value is -1.19. The summed E-state index contributed by atoms with van der Waals surface area (Å²) in [5.74, 6) is -0.243. The molecule has 0 unspecified atom stereocenters. The van der Waals surface area contributed by atoms with Gasteiger partial charge in [-0.1, -0.05) is 29.3 Å². The van der Waals surface area contributed by atoms with Crippen LogP contribution < -0.4 is 9.80 Å². The summed E-state index contributed by atoms with van der Waals surface area (Å²) in [5.41, 5.74) is 1.82. The first-order valence-electron chi connectivity index (χ1n) is 5.14. The fourth-order valence-corrected chi connectivity index (χ4v) is 2.02. The number of benzene rings is 1. The molecule has 0 aliphatic carbocycles. The first-order valence-corrected chi connectivity index (χ1v) is 5.89. The molecular weight excluding hydrogens is 259 g/mol. The van der Waals surface area contributed by atoms with Crippen LogP contribution in [0.3, 0.4) is 0 Å². The number of nitrogens with zero attached hydrogens (tertiary/aromatic N) is 2. The Morgan fingerprint density at radius 2 is 2.00 bits per heavy atom. The first-order chi connectivity index (χ1) is 8.00. The van der Waals surface area contributed by atoms with Crippen molar-refractivity contribution in [2.24, 2.45) is 0 Å². The van der Waals surface area contributed by atoms with Gasteiger partial charge in [-0.2, -0.15) is 0 Å². The van der Waals surface area contributed by atoms with E-state index in [1.807, 2.05) is 43.3 Å². The van der Waals surface area contributed by atoms with E-state index in [0.29, 0.717) is 11.6 Å². The van der Waals surface area contributed by atoms with Crippen LogP contribution in [0, 0.1) is 0 Å². The third kappa shape index (κ3) is 2.26. The summed E-state index contributed by atoms with van der Waals surface area (Å²) in [4.78, 5) is 15.4. The molecule has 1 heterocycles. The summed E-state index contributed by atoms with van der Waals surface area (Å²) in [5, 5.41) is 0.508. The summed E-state index contributed by atoms with van der Waals surface area (Å²) >= 11 is 11.7. The first kappa shape index (κ1) is 12.3. The summed E-state index contributed by atoms with van der Waals surface area (Å²) in [6.07, 6.45) is 0. The van der Waals surface area contributed by atoms with E-state index in [9.17, 15) is 4.79 Å². The number of carbonyl (C=O) groups excluding carboxylic acids is 1. The van der Waals surface area contributed by atoms with E-state index in [2.05, 4.69) is 0 Å². The summed E-state index contributed by atoms with van der Waals surface area (Å²) in [7, 11) is 3.90. The minimum absolute atomic E-state index is 0.113. The zero-order valence-electron chi connectivity index (χ0n) is 9.58. The Bertz CT molecular complexity index is 497. The third-order valence-corrected chi connectivity index (χ3v) is 3.42. The van der Waals surface area contributed by atoms with E-state index < -0.39 is 0 Å². The standard InChI is InChI=1S/C12H12Cl2N2O/c1-15(2)8-4-3-5-9(6-8)16-7-10(13)11(14)12(16)17/h3-6H,7H2,1-2H3. The van der Waals surface area contributed by atoms with E-state index in [4.69, 9.17) is 23.2 Å². The van der Waals surface area contributed by atoms with Crippen molar-refractivity contribution in [2.45, 2.75) is 0 Å². The SMILES string of the molecule is CN(C)c1cccc(N2CC(Cl)=C(Cl)C2=O)c1. The highest BCUT2D eigenvalue weighted by molar-refractivity contribution is 6.51. The fourth-order valence-electron chi connectivity index (χ4n) is 1.66. The van der Waals surface area contributed by atoms with Gasteiger partial charge < -0.3 is 9.80 Å². The average Bonchev–Trinajstić information content (AvgIpc) is 2.57. The van der Waals surface area contributed by atoms with Crippen molar-refractivity contribution in [3.63, 3.8) is 0 Å². The number of rotatable bonds is 2. The van der Waals surface area contributed by atoms with Gasteiger partial charge in [-0.25, -0.2) is 0 Å². The molecule has 1 aromatic carbocycles. The molecule has 2 rings (SSSR count). The largest absolute Gasteiger partial charge is 0.378 e. The van der Waals surface area contributed by atoms with Gasteiger partial charge in [-0.05, 0) is 18.2 Å². The molecule has 1 aliphatic heterocycles. The number of amides is 1. The molecule has 0 radical (unpaired) electrons. The van der Waals surface area contributed by atoms with Crippen molar-refractivity contribution >= 4 is 40.5 Å². The van der Waals surface area contributed by atoms with Gasteiger partial charge in [0.15, 0.2) is 0 Å². The maximum atomic E-state index is 11.8. The predicted molar refractivity (Wildman–Crippen MR) is 71.9 cm³/mol. The number of hydrogen-bond acceptors (Lipinski definition) is 2. The molecule has 0 atom stereocenters. The lowest BCUT2D eigenvalue weighted by molar-refractivity contribution is -0.114. The van der Waals surface area contributed by atoms with Gasteiger partial charge in [-0.3, -0.25) is 4.79 Å². The zero-order chi connectivity index (χ0) is 12.6. The van der Waals surface area contributed by atoms with Crippen molar-refractivity contribution in [1.29, 1.82) is 0 Å². The Kier molecular flexibility index (Phi) is 3.31. The predicted octanol–water partition coefficient (Wildman–Crippen LogP) is 2.79. The molecule has 90 valence electrons. The number of halogens is 2. The lowest BCUT2D eigenvalue weighted by Gasteiger charge is -2.19. The van der Waals surface area contributed by atoms with Crippen LogP contribution in [0.15, 0.2) is 34.3 Å². The molecule has 0 saturated carbocycles. The van der Waals surface area contributed by atoms with Crippen LogP contribution >= 0.6 is 23.2 Å². The Balaban J connectivity index is 2.31. The molecule has 5 heteroatoms. The fraction of sp³-hybridized carbons (Fsp3) is 0.250. The molecule has 0 fully saturated rings. The topological polar surface area (TPSA) is 23.6 Å². The Morgan fingerprint density at radius 1 is 1.29 bits per heavy atom. The summed E-state index contributed by atoms with van der Waals surface area (Å²) < 4.78 is 0. The van der Waals surface area contributed by atoms with Gasteiger partial charge in [0.1, 0.15) is 5.03 Å². The van der Waals surface area contributed by atoms with E-state index in [0.717, 1.165) is 11.4 Å². The molecule has 0 bridgehead atoms. The molecule has 3 nitrogen and oxygen atoms in total. The van der Waals surface area contributed by atoms with Gasteiger partial charge in [-0.15, -0.1) is 0 Å². The van der Waals surface area contributed by atoms with Crippen LogP contribution in [0.4, 0.5) is 11.4 Å². The maximum Gasteiger partial charge on any atom is 0.271 e. The highest BCUT2D eigenvalue weighted by Gasteiger charge is 2.29. The van der Waals surface area contributed by atoms with Crippen molar-refractivity contribution in [1.82, 2.24) is 0 Å². The minimum Gasteiger partial charge on any atom is -0.378 e. The minimum atomic E-state index is -0.243. The van der Waals surface area contributed by atoms with Crippen LogP contribution in [0.25, 0.3) is 0 Å². The van der Waals surface area contributed by atoms with Crippen LogP contribution in [0.5, 0.6) is 0 Å². The molecule has 0 N–H and O–H groups in total. The molecular formula is C12H12Cl2N2O. The number of carbonyl (C=O) groups is 1. The van der Waals surface area contributed by atoms with E-state index in [1.54, 1.807) is 4.90 Å². The van der Waals surface area contributed by atoms with Gasteiger partial charge >= 0.3 is 0 Å². The highest BCUT2D eigenvalue weighted by atomic mass is 35.5. The zero-order valence-corrected chi connectivity index (χ0v) is 11.1. The quantitative estimate of drug-likeness (QED) is 0.825. The molecule has 0 spiro atoms. The lowest BCUT2D eigenvalue weighted by Crippen LogP contribution is -2.26. The molecule has 17 heavy (non-hydrogen) atoms. The Morgan fingerprint density at radius 3 is 2.53 bits per heavy atom. The van der Waals surface area contributed by atoms with Crippen LogP contribution in [-0.2, 0) is 4.79 Å². The second-order valence-electron chi connectivity index (χ2n) is 4.02. The van der Waals surface area contributed by atoms with Gasteiger partial charge in [0.05, 0.1) is 11.6 Å². The maximum absolute atomic E-state index is 11.8. The van der Waals surface area contributed by atoms with E-state index in [-0.39, 0.29) is 10.9 Å². The molecule has 1 aromatic rings. The summed E-state index contributed by atoms with van der Waals surface area (Å²) in [6.45, 7) is 0.343. The van der Waals surface area contributed by atoms with Crippen molar-refractivity contribution in [3.05, 3.63) is 34.3 Å². The Labute approximate surface area is 110 Å². The average molecular weight is 271 g/mol. The van der Waals surface area contributed by atoms with E-state index >= 15 is 0 Å². The summed E-state index contributed by atoms with van der Waals surface area (Å²) in [6, 6.07) is 7.67. The monoisotopic (exact) mass is 270 g/mol. The molecule has 1 amide bonds. The van der Waals surface area contributed by atoms with Crippen molar-refractivity contribution in [3.8, 4) is 0 Å². The lowest BCUT2D eigenvalue weighted by atomic mass is 10.2. The van der Waals surface area contributed by atoms with Crippen molar-refractivity contribution < 1.29 is 4.79 Å². The second-order valence-corrected chi connectivity index (χ2v) is 4.86. The van der Waals surface area contributed by atoms with Gasteiger partial charge in [0.2, 0.25) is 0 Å². The second kappa shape index (κ2) is 4.59. The van der Waals surface area contributed by atoms with Gasteiger partial charge in [0, 0.05) is 25.5 Å². The van der Waals surface area contributed by atoms with Crippen LogP contribution in [0.1, 0.15) is 0 Å². The highest BCUT2D eigenvalue weighted by Crippen LogP contribution is 2.31. The molecule has 1 aliphatic rings. The molecule has 0 saturated heterocycles. The normalized spacial score (nSPS) is 15.8. The van der Waals surface area contributed by atoms with Crippen molar-refractivity contribution in [2.75, 3.05) is 30.4 Å². The van der Waals surface area contributed by atoms with Crippen LogP contribution in [0.2, 0.25) is 0 Å². The van der Waals surface area contributed by atoms with Crippen LogP contribution in [-0.4, -0.2) is 26.5 Å². The number of anilines is 2. The van der Waals surface area contributed by atoms with E-state index in [1.165, 1.54) is 0 Å². The van der Waals surface area contributed by atoms with Gasteiger partial charge in [0.25, 0.3) is 5.91 Å². The number of hydrogen-bond donors (Lipinski definition) is 0. The third-order valence-electron chi connectivity index (χ3n) is 2.63. The smallest absolute Gasteiger partial charge is 0.271 e. The molecule has 0 aromatic heterocycles.